The Kier molecular flexibility index (Phi) is 5.77. The number of ether oxygens (including phenoxy) is 1. The summed E-state index contributed by atoms with van der Waals surface area (Å²) >= 11 is 5.46. The number of thiophene rings is 1. The average molecular weight is 358 g/mol. The zero-order valence-electron chi connectivity index (χ0n) is 12.0. The van der Waals surface area contributed by atoms with Crippen LogP contribution in [0.1, 0.15) is 28.4 Å². The van der Waals surface area contributed by atoms with Crippen LogP contribution in [0.4, 0.5) is 0 Å². The minimum Gasteiger partial charge on any atom is -0.383 e. The van der Waals surface area contributed by atoms with Crippen molar-refractivity contribution in [1.29, 1.82) is 0 Å². The normalized spacial score (nSPS) is 12.8. The molecule has 0 amide bonds. The molecule has 2 aromatic heterocycles. The number of nitrogens with one attached hydrogen (secondary N) is 1. The number of hydrogen-bond donors (Lipinski definition) is 1. The highest BCUT2D eigenvalue weighted by Gasteiger charge is 2.21. The number of hydrogen-bond acceptors (Lipinski definition) is 4. The fourth-order valence-corrected chi connectivity index (χ4v) is 3.76. The largest absolute Gasteiger partial charge is 0.383 e. The summed E-state index contributed by atoms with van der Waals surface area (Å²) in [6.45, 7) is 3.59. The first-order valence-corrected chi connectivity index (χ1v) is 8.28. The second-order valence-corrected chi connectivity index (χ2v) is 6.53. The van der Waals surface area contributed by atoms with Crippen LogP contribution in [0.3, 0.4) is 0 Å². The number of halogens is 1. The highest BCUT2D eigenvalue weighted by Crippen LogP contribution is 2.32. The second kappa shape index (κ2) is 7.36. The van der Waals surface area contributed by atoms with E-state index in [-0.39, 0.29) is 6.04 Å². The summed E-state index contributed by atoms with van der Waals surface area (Å²) < 4.78 is 8.18. The fourth-order valence-electron chi connectivity index (χ4n) is 2.17. The number of aromatic nitrogens is 2. The van der Waals surface area contributed by atoms with Crippen LogP contribution in [-0.2, 0) is 17.7 Å². The van der Waals surface area contributed by atoms with Crippen molar-refractivity contribution in [3.63, 3.8) is 0 Å². The first kappa shape index (κ1) is 15.7. The predicted octanol–water partition coefficient (Wildman–Crippen LogP) is 3.22. The van der Waals surface area contributed by atoms with E-state index in [4.69, 9.17) is 4.74 Å². The van der Waals surface area contributed by atoms with Crippen molar-refractivity contribution in [3.8, 4) is 0 Å². The minimum atomic E-state index is 0.147. The maximum Gasteiger partial charge on any atom is 0.0851 e. The highest BCUT2D eigenvalue weighted by molar-refractivity contribution is 9.10. The van der Waals surface area contributed by atoms with Crippen LogP contribution in [0.2, 0.25) is 0 Å². The van der Waals surface area contributed by atoms with Crippen LogP contribution in [0.25, 0.3) is 0 Å². The molecule has 0 saturated carbocycles. The Balaban J connectivity index is 2.33. The molecule has 1 N–H and O–H groups in total. The second-order valence-electron chi connectivity index (χ2n) is 4.47. The third-order valence-electron chi connectivity index (χ3n) is 3.22. The molecule has 0 radical (unpaired) electrons. The van der Waals surface area contributed by atoms with Crippen molar-refractivity contribution in [2.75, 3.05) is 20.8 Å². The molecular formula is C14H20BrN3OS. The Hall–Kier alpha value is -0.690. The van der Waals surface area contributed by atoms with E-state index in [0.717, 1.165) is 23.1 Å². The van der Waals surface area contributed by atoms with Gasteiger partial charge in [-0.3, -0.25) is 4.68 Å². The Bertz CT molecular complexity index is 552. The van der Waals surface area contributed by atoms with Gasteiger partial charge in [0.25, 0.3) is 0 Å². The Morgan fingerprint density at radius 1 is 1.50 bits per heavy atom. The smallest absolute Gasteiger partial charge is 0.0851 e. The molecule has 110 valence electrons. The van der Waals surface area contributed by atoms with Crippen LogP contribution in [-0.4, -0.2) is 30.5 Å². The van der Waals surface area contributed by atoms with Gasteiger partial charge < -0.3 is 10.1 Å². The number of methoxy groups -OCH3 is 1. The van der Waals surface area contributed by atoms with Crippen molar-refractivity contribution >= 4 is 27.3 Å². The molecule has 20 heavy (non-hydrogen) atoms. The molecule has 6 heteroatoms. The predicted molar refractivity (Wildman–Crippen MR) is 86.4 cm³/mol. The van der Waals surface area contributed by atoms with Gasteiger partial charge in [-0.25, -0.2) is 0 Å². The van der Waals surface area contributed by atoms with Crippen LogP contribution < -0.4 is 5.32 Å². The highest BCUT2D eigenvalue weighted by atomic mass is 79.9. The molecule has 4 nitrogen and oxygen atoms in total. The van der Waals surface area contributed by atoms with Crippen molar-refractivity contribution in [2.24, 2.45) is 0 Å². The van der Waals surface area contributed by atoms with Gasteiger partial charge in [-0.05, 0) is 41.5 Å². The SMILES string of the molecule is CCc1ccc(C(NC)c2c(Br)cnn2CCOC)s1. The van der Waals surface area contributed by atoms with E-state index < -0.39 is 0 Å². The number of aryl methyl sites for hydroxylation is 1. The lowest BCUT2D eigenvalue weighted by Crippen LogP contribution is -2.22. The third-order valence-corrected chi connectivity index (χ3v) is 5.12. The summed E-state index contributed by atoms with van der Waals surface area (Å²) in [5.74, 6) is 0. The quantitative estimate of drug-likeness (QED) is 0.826. The molecular weight excluding hydrogens is 338 g/mol. The molecule has 0 bridgehead atoms. The number of nitrogens with zero attached hydrogens (tertiary/aromatic N) is 2. The van der Waals surface area contributed by atoms with E-state index in [0.29, 0.717) is 6.61 Å². The Morgan fingerprint density at radius 2 is 2.30 bits per heavy atom. The monoisotopic (exact) mass is 357 g/mol. The van der Waals surface area contributed by atoms with Crippen molar-refractivity contribution in [3.05, 3.63) is 38.3 Å². The van der Waals surface area contributed by atoms with Gasteiger partial charge in [0.05, 0.1) is 35.6 Å². The summed E-state index contributed by atoms with van der Waals surface area (Å²) in [7, 11) is 3.69. The lowest BCUT2D eigenvalue weighted by molar-refractivity contribution is 0.182. The molecule has 2 rings (SSSR count). The van der Waals surface area contributed by atoms with Crippen LogP contribution >= 0.6 is 27.3 Å². The zero-order valence-corrected chi connectivity index (χ0v) is 14.4. The molecule has 2 heterocycles. The standard InChI is InChI=1S/C14H20BrN3OS/c1-4-10-5-6-12(20-10)13(16-2)14-11(15)9-17-18(14)7-8-19-3/h5-6,9,13,16H,4,7-8H2,1-3H3. The molecule has 2 aromatic rings. The van der Waals surface area contributed by atoms with E-state index in [2.05, 4.69) is 45.4 Å². The lowest BCUT2D eigenvalue weighted by atomic mass is 10.1. The van der Waals surface area contributed by atoms with E-state index in [1.807, 2.05) is 29.3 Å². The van der Waals surface area contributed by atoms with Gasteiger partial charge in [0.15, 0.2) is 0 Å². The summed E-state index contributed by atoms with van der Waals surface area (Å²) in [4.78, 5) is 2.71. The van der Waals surface area contributed by atoms with Crippen molar-refractivity contribution < 1.29 is 4.74 Å². The first-order valence-electron chi connectivity index (χ1n) is 6.67. The molecule has 1 atom stereocenters. The zero-order chi connectivity index (χ0) is 14.5. The van der Waals surface area contributed by atoms with Crippen LogP contribution in [0.5, 0.6) is 0 Å². The van der Waals surface area contributed by atoms with Gasteiger partial charge in [-0.15, -0.1) is 11.3 Å². The summed E-state index contributed by atoms with van der Waals surface area (Å²) in [6.07, 6.45) is 2.93. The molecule has 0 aromatic carbocycles. The van der Waals surface area contributed by atoms with Crippen LogP contribution in [0.15, 0.2) is 22.8 Å². The van der Waals surface area contributed by atoms with Crippen molar-refractivity contribution in [2.45, 2.75) is 25.9 Å². The lowest BCUT2D eigenvalue weighted by Gasteiger charge is -2.17. The molecule has 0 fully saturated rings. The van der Waals surface area contributed by atoms with Gasteiger partial charge in [-0.2, -0.15) is 5.10 Å². The average Bonchev–Trinajstić information content (AvgIpc) is 3.06. The number of rotatable bonds is 7. The molecule has 0 aliphatic carbocycles. The molecule has 1 unspecified atom stereocenters. The van der Waals surface area contributed by atoms with E-state index in [9.17, 15) is 0 Å². The van der Waals surface area contributed by atoms with E-state index >= 15 is 0 Å². The summed E-state index contributed by atoms with van der Waals surface area (Å²) in [6, 6.07) is 4.55. The van der Waals surface area contributed by atoms with E-state index in [1.165, 1.54) is 9.75 Å². The minimum absolute atomic E-state index is 0.147. The van der Waals surface area contributed by atoms with Gasteiger partial charge >= 0.3 is 0 Å². The molecule has 0 aliphatic rings. The molecule has 0 spiro atoms. The van der Waals surface area contributed by atoms with Crippen molar-refractivity contribution in [1.82, 2.24) is 15.1 Å². The molecule has 0 saturated heterocycles. The Labute approximate surface area is 132 Å². The maximum atomic E-state index is 5.16. The third kappa shape index (κ3) is 3.31. The maximum absolute atomic E-state index is 5.16. The van der Waals surface area contributed by atoms with E-state index in [1.54, 1.807) is 7.11 Å². The van der Waals surface area contributed by atoms with Gasteiger partial charge in [0, 0.05) is 16.9 Å². The molecule has 0 aliphatic heterocycles. The summed E-state index contributed by atoms with van der Waals surface area (Å²) in [5, 5.41) is 7.82. The van der Waals surface area contributed by atoms with Crippen LogP contribution in [0, 0.1) is 0 Å². The first-order chi connectivity index (χ1) is 9.71. The topological polar surface area (TPSA) is 39.1 Å². The van der Waals surface area contributed by atoms with Gasteiger partial charge in [0.1, 0.15) is 0 Å². The Morgan fingerprint density at radius 3 is 2.90 bits per heavy atom. The van der Waals surface area contributed by atoms with Gasteiger partial charge in [-0.1, -0.05) is 6.92 Å². The fraction of sp³-hybridized carbons (Fsp3) is 0.500. The summed E-state index contributed by atoms with van der Waals surface area (Å²) in [5.41, 5.74) is 1.15. The van der Waals surface area contributed by atoms with Gasteiger partial charge in [0.2, 0.25) is 0 Å².